The van der Waals surface area contributed by atoms with E-state index in [2.05, 4.69) is 0 Å². The van der Waals surface area contributed by atoms with Gasteiger partial charge in [-0.1, -0.05) is 0 Å². The van der Waals surface area contributed by atoms with Crippen LogP contribution in [0.1, 0.15) is 19.3 Å². The van der Waals surface area contributed by atoms with Crippen molar-refractivity contribution in [2.45, 2.75) is 31.5 Å². The van der Waals surface area contributed by atoms with Crippen LogP contribution in [0.5, 0.6) is 5.75 Å². The van der Waals surface area contributed by atoms with E-state index in [0.29, 0.717) is 12.8 Å². The van der Waals surface area contributed by atoms with Gasteiger partial charge in [0.1, 0.15) is 11.9 Å². The zero-order chi connectivity index (χ0) is 10.8. The summed E-state index contributed by atoms with van der Waals surface area (Å²) in [4.78, 5) is 0. The molecule has 2 nitrogen and oxygen atoms in total. The first-order chi connectivity index (χ1) is 7.16. The Hall–Kier alpha value is -1.16. The maximum atomic E-state index is 13.2. The fourth-order valence-electron chi connectivity index (χ4n) is 1.77. The first kappa shape index (κ1) is 10.4. The molecule has 0 unspecified atom stereocenters. The maximum Gasteiger partial charge on any atom is 0.165 e. The average Bonchev–Trinajstić information content (AvgIpc) is 2.58. The lowest BCUT2D eigenvalue weighted by Gasteiger charge is -2.17. The molecule has 1 aliphatic carbocycles. The van der Waals surface area contributed by atoms with Crippen molar-refractivity contribution in [3.8, 4) is 5.75 Å². The van der Waals surface area contributed by atoms with Crippen LogP contribution in [-0.4, -0.2) is 17.3 Å². The molecule has 0 amide bonds. The van der Waals surface area contributed by atoms with E-state index in [0.717, 1.165) is 24.6 Å². The molecule has 0 aromatic heterocycles. The van der Waals surface area contributed by atoms with Gasteiger partial charge in [-0.25, -0.2) is 8.78 Å². The standard InChI is InChI=1S/C11H12F2O2/c12-7-4-5-8(13)11(6-7)15-10-3-1-2-9(10)14/h4-6,9-10,14H,1-3H2/t9-,10-/m0/s1. The van der Waals surface area contributed by atoms with E-state index in [-0.39, 0.29) is 5.75 Å². The molecule has 0 radical (unpaired) electrons. The Bertz CT molecular complexity index is 354. The van der Waals surface area contributed by atoms with E-state index in [1.165, 1.54) is 0 Å². The Morgan fingerprint density at radius 2 is 2.07 bits per heavy atom. The van der Waals surface area contributed by atoms with E-state index in [1.807, 2.05) is 0 Å². The smallest absolute Gasteiger partial charge is 0.165 e. The number of ether oxygens (including phenoxy) is 1. The van der Waals surface area contributed by atoms with Gasteiger partial charge in [-0.15, -0.1) is 0 Å². The van der Waals surface area contributed by atoms with Gasteiger partial charge in [-0.05, 0) is 31.4 Å². The summed E-state index contributed by atoms with van der Waals surface area (Å²) in [6, 6.07) is 3.06. The van der Waals surface area contributed by atoms with Crippen molar-refractivity contribution in [1.82, 2.24) is 0 Å². The molecule has 2 rings (SSSR count). The number of aliphatic hydroxyl groups excluding tert-OH is 1. The van der Waals surface area contributed by atoms with Crippen molar-refractivity contribution in [3.63, 3.8) is 0 Å². The molecule has 1 saturated carbocycles. The topological polar surface area (TPSA) is 29.5 Å². The highest BCUT2D eigenvalue weighted by molar-refractivity contribution is 5.25. The van der Waals surface area contributed by atoms with Crippen LogP contribution in [0.4, 0.5) is 8.78 Å². The molecule has 0 aliphatic heterocycles. The summed E-state index contributed by atoms with van der Waals surface area (Å²) in [6.45, 7) is 0. The number of rotatable bonds is 2. The molecule has 1 fully saturated rings. The van der Waals surface area contributed by atoms with Crippen LogP contribution < -0.4 is 4.74 Å². The Morgan fingerprint density at radius 3 is 2.73 bits per heavy atom. The van der Waals surface area contributed by atoms with Crippen molar-refractivity contribution in [2.75, 3.05) is 0 Å². The molecule has 0 bridgehead atoms. The third kappa shape index (κ3) is 2.26. The number of halogens is 2. The molecule has 1 aromatic rings. The fraction of sp³-hybridized carbons (Fsp3) is 0.455. The summed E-state index contributed by atoms with van der Waals surface area (Å²) < 4.78 is 31.2. The Kier molecular flexibility index (Phi) is 2.86. The highest BCUT2D eigenvalue weighted by Crippen LogP contribution is 2.26. The van der Waals surface area contributed by atoms with E-state index in [4.69, 9.17) is 4.74 Å². The minimum Gasteiger partial charge on any atom is -0.485 e. The van der Waals surface area contributed by atoms with Gasteiger partial charge in [0.05, 0.1) is 6.10 Å². The van der Waals surface area contributed by atoms with Gasteiger partial charge in [0.15, 0.2) is 11.6 Å². The first-order valence-corrected chi connectivity index (χ1v) is 4.96. The van der Waals surface area contributed by atoms with Crippen molar-refractivity contribution >= 4 is 0 Å². The largest absolute Gasteiger partial charge is 0.485 e. The molecule has 1 N–H and O–H groups in total. The summed E-state index contributed by atoms with van der Waals surface area (Å²) in [7, 11) is 0. The number of hydrogen-bond donors (Lipinski definition) is 1. The Labute approximate surface area is 86.5 Å². The highest BCUT2D eigenvalue weighted by atomic mass is 19.1. The monoisotopic (exact) mass is 214 g/mol. The third-order valence-corrected chi connectivity index (χ3v) is 2.59. The van der Waals surface area contributed by atoms with Gasteiger partial charge in [0, 0.05) is 6.07 Å². The zero-order valence-electron chi connectivity index (χ0n) is 8.12. The predicted octanol–water partition coefficient (Wildman–Crippen LogP) is 2.26. The second kappa shape index (κ2) is 4.14. The van der Waals surface area contributed by atoms with Crippen LogP contribution in [0.25, 0.3) is 0 Å². The van der Waals surface area contributed by atoms with Crippen molar-refractivity contribution < 1.29 is 18.6 Å². The lowest BCUT2D eigenvalue weighted by molar-refractivity contribution is 0.0576. The number of aliphatic hydroxyl groups is 1. The molecule has 0 heterocycles. The first-order valence-electron chi connectivity index (χ1n) is 4.96. The second-order valence-corrected chi connectivity index (χ2v) is 3.73. The quantitative estimate of drug-likeness (QED) is 0.818. The predicted molar refractivity (Wildman–Crippen MR) is 50.6 cm³/mol. The molecular formula is C11H12F2O2. The summed E-state index contributed by atoms with van der Waals surface area (Å²) in [5.74, 6) is -1.27. The van der Waals surface area contributed by atoms with Gasteiger partial charge < -0.3 is 9.84 Å². The normalized spacial score (nSPS) is 25.5. The van der Waals surface area contributed by atoms with E-state index in [9.17, 15) is 13.9 Å². The van der Waals surface area contributed by atoms with Crippen molar-refractivity contribution in [1.29, 1.82) is 0 Å². The third-order valence-electron chi connectivity index (χ3n) is 2.59. The zero-order valence-corrected chi connectivity index (χ0v) is 8.12. The van der Waals surface area contributed by atoms with Gasteiger partial charge in [0.2, 0.25) is 0 Å². The highest BCUT2D eigenvalue weighted by Gasteiger charge is 2.27. The molecule has 0 saturated heterocycles. The van der Waals surface area contributed by atoms with Gasteiger partial charge >= 0.3 is 0 Å². The molecule has 0 spiro atoms. The molecule has 2 atom stereocenters. The lowest BCUT2D eigenvalue weighted by Crippen LogP contribution is -2.26. The van der Waals surface area contributed by atoms with Crippen molar-refractivity contribution in [2.24, 2.45) is 0 Å². The van der Waals surface area contributed by atoms with E-state index < -0.39 is 23.8 Å². The maximum absolute atomic E-state index is 13.2. The molecule has 82 valence electrons. The van der Waals surface area contributed by atoms with Gasteiger partial charge in [-0.2, -0.15) is 0 Å². The van der Waals surface area contributed by atoms with Crippen LogP contribution in [-0.2, 0) is 0 Å². The summed E-state index contributed by atoms with van der Waals surface area (Å²) >= 11 is 0. The van der Waals surface area contributed by atoms with Crippen molar-refractivity contribution in [3.05, 3.63) is 29.8 Å². The number of benzene rings is 1. The van der Waals surface area contributed by atoms with E-state index >= 15 is 0 Å². The van der Waals surface area contributed by atoms with Gasteiger partial charge in [-0.3, -0.25) is 0 Å². The van der Waals surface area contributed by atoms with Crippen LogP contribution in [0.2, 0.25) is 0 Å². The molecular weight excluding hydrogens is 202 g/mol. The summed E-state index contributed by atoms with van der Waals surface area (Å²) in [6.07, 6.45) is 1.19. The van der Waals surface area contributed by atoms with Crippen LogP contribution in [0.15, 0.2) is 18.2 Å². The van der Waals surface area contributed by atoms with Crippen LogP contribution in [0, 0.1) is 11.6 Å². The minimum atomic E-state index is -0.601. The summed E-state index contributed by atoms with van der Waals surface area (Å²) in [5.41, 5.74) is 0. The molecule has 1 aliphatic rings. The lowest BCUT2D eigenvalue weighted by atomic mass is 10.2. The van der Waals surface area contributed by atoms with E-state index in [1.54, 1.807) is 0 Å². The molecule has 15 heavy (non-hydrogen) atoms. The molecule has 1 aromatic carbocycles. The SMILES string of the molecule is O[C@H]1CCC[C@@H]1Oc1cc(F)ccc1F. The van der Waals surface area contributed by atoms with Gasteiger partial charge in [0.25, 0.3) is 0 Å². The summed E-state index contributed by atoms with van der Waals surface area (Å²) in [5, 5.41) is 9.47. The second-order valence-electron chi connectivity index (χ2n) is 3.73. The molecule has 4 heteroatoms. The number of hydrogen-bond acceptors (Lipinski definition) is 2. The Balaban J connectivity index is 2.12. The average molecular weight is 214 g/mol. The Morgan fingerprint density at radius 1 is 1.27 bits per heavy atom. The van der Waals surface area contributed by atoms with Crippen LogP contribution in [0.3, 0.4) is 0 Å². The fourth-order valence-corrected chi connectivity index (χ4v) is 1.77. The van der Waals surface area contributed by atoms with Crippen LogP contribution >= 0.6 is 0 Å². The minimum absolute atomic E-state index is 0.124.